The van der Waals surface area contributed by atoms with Crippen molar-refractivity contribution in [3.63, 3.8) is 0 Å². The molecule has 0 rings (SSSR count). The zero-order chi connectivity index (χ0) is 4.99. The first-order chi connectivity index (χ1) is 2.77. The molecular weight excluding hydrogens is 89.8 g/mol. The molecule has 0 fully saturated rings. The van der Waals surface area contributed by atoms with Crippen molar-refractivity contribution in [1.29, 1.82) is 0 Å². The van der Waals surface area contributed by atoms with E-state index >= 15 is 0 Å². The first kappa shape index (κ1) is 6.49. The van der Waals surface area contributed by atoms with E-state index < -0.39 is 0 Å². The molecular formula is C4H10BP. The van der Waals surface area contributed by atoms with Gasteiger partial charge in [-0.15, -0.1) is 0 Å². The molecule has 1 atom stereocenters. The molecule has 2 heteroatoms. The minimum atomic E-state index is -0.101. The van der Waals surface area contributed by atoms with Crippen molar-refractivity contribution in [2.75, 3.05) is 12.8 Å². The molecule has 0 aromatic rings. The van der Waals surface area contributed by atoms with Crippen LogP contribution in [0.5, 0.6) is 0 Å². The van der Waals surface area contributed by atoms with Crippen LogP contribution >= 0.6 is 7.80 Å². The predicted octanol–water partition coefficient (Wildman–Crippen LogP) is 1.59. The molecule has 0 saturated heterocycles. The highest BCUT2D eigenvalue weighted by Crippen LogP contribution is 2.22. The lowest BCUT2D eigenvalue weighted by atomic mass is 10.6. The molecule has 0 saturated carbocycles. The van der Waals surface area contributed by atoms with E-state index in [0.29, 0.717) is 0 Å². The molecule has 0 heterocycles. The summed E-state index contributed by atoms with van der Waals surface area (Å²) >= 11 is 0. The molecule has 2 radical (unpaired) electrons. The minimum absolute atomic E-state index is 0.101. The van der Waals surface area contributed by atoms with E-state index in [1.807, 2.05) is 0 Å². The zero-order valence-corrected chi connectivity index (χ0v) is 5.33. The van der Waals surface area contributed by atoms with E-state index in [-0.39, 0.29) is 7.80 Å². The largest absolute Gasteiger partial charge is 0.160 e. The maximum atomic E-state index is 5.47. The second-order valence-corrected chi connectivity index (χ2v) is 3.44. The molecule has 6 heavy (non-hydrogen) atoms. The molecule has 0 aliphatic rings. The van der Waals surface area contributed by atoms with Crippen molar-refractivity contribution < 1.29 is 0 Å². The highest BCUT2D eigenvalue weighted by Gasteiger charge is 1.83. The van der Waals surface area contributed by atoms with Gasteiger partial charge in [-0.25, -0.2) is 0 Å². The molecule has 0 aliphatic carbocycles. The Labute approximate surface area is 42.4 Å². The van der Waals surface area contributed by atoms with Gasteiger partial charge in [0.15, 0.2) is 0 Å². The quantitative estimate of drug-likeness (QED) is 0.365. The highest BCUT2D eigenvalue weighted by molar-refractivity contribution is 7.81. The highest BCUT2D eigenvalue weighted by atomic mass is 31.1. The standard InChI is InChI=1S/C4H10BP/c1-3-4-6(2)5/h3-4H2,1-2H3. The van der Waals surface area contributed by atoms with E-state index in [1.54, 1.807) is 0 Å². The second kappa shape index (κ2) is 3.68. The Bertz CT molecular complexity index is 28.7. The van der Waals surface area contributed by atoms with Gasteiger partial charge < -0.3 is 0 Å². The Balaban J connectivity index is 2.63. The Hall–Kier alpha value is 0.495. The first-order valence-electron chi connectivity index (χ1n) is 2.23. The lowest BCUT2D eigenvalue weighted by Crippen LogP contribution is -1.75. The van der Waals surface area contributed by atoms with E-state index in [4.69, 9.17) is 7.57 Å². The molecule has 0 aromatic heterocycles. The van der Waals surface area contributed by atoms with Gasteiger partial charge in [0.25, 0.3) is 0 Å². The van der Waals surface area contributed by atoms with Gasteiger partial charge in [-0.3, -0.25) is 0 Å². The van der Waals surface area contributed by atoms with E-state index in [1.165, 1.54) is 12.6 Å². The lowest BCUT2D eigenvalue weighted by Gasteiger charge is -1.98. The van der Waals surface area contributed by atoms with Gasteiger partial charge in [0.2, 0.25) is 0 Å². The Kier molecular flexibility index (Phi) is 3.98. The summed E-state index contributed by atoms with van der Waals surface area (Å²) in [6.07, 6.45) is 2.45. The van der Waals surface area contributed by atoms with Crippen molar-refractivity contribution in [1.82, 2.24) is 0 Å². The molecule has 0 nitrogen and oxygen atoms in total. The Morgan fingerprint density at radius 3 is 2.17 bits per heavy atom. The van der Waals surface area contributed by atoms with Crippen molar-refractivity contribution in [3.8, 4) is 0 Å². The summed E-state index contributed by atoms with van der Waals surface area (Å²) in [7, 11) is 5.37. The van der Waals surface area contributed by atoms with Gasteiger partial charge in [-0.2, -0.15) is 7.80 Å². The second-order valence-electron chi connectivity index (χ2n) is 1.48. The van der Waals surface area contributed by atoms with Crippen LogP contribution in [0.2, 0.25) is 0 Å². The van der Waals surface area contributed by atoms with Crippen molar-refractivity contribution in [3.05, 3.63) is 0 Å². The molecule has 0 aromatic carbocycles. The van der Waals surface area contributed by atoms with Crippen LogP contribution in [0.25, 0.3) is 0 Å². The maximum Gasteiger partial charge on any atom is 0.108 e. The van der Waals surface area contributed by atoms with E-state index in [0.717, 1.165) is 0 Å². The van der Waals surface area contributed by atoms with Crippen molar-refractivity contribution >= 4 is 15.4 Å². The van der Waals surface area contributed by atoms with Crippen LogP contribution in [0.3, 0.4) is 0 Å². The summed E-state index contributed by atoms with van der Waals surface area (Å²) in [6, 6.07) is 0. The molecule has 0 amide bonds. The summed E-state index contributed by atoms with van der Waals surface area (Å²) < 4.78 is 0. The minimum Gasteiger partial charge on any atom is -0.160 e. The fourth-order valence-corrected chi connectivity index (χ4v) is 1.06. The van der Waals surface area contributed by atoms with E-state index in [2.05, 4.69) is 13.6 Å². The zero-order valence-electron chi connectivity index (χ0n) is 4.44. The molecule has 0 bridgehead atoms. The smallest absolute Gasteiger partial charge is 0.108 e. The summed E-state index contributed by atoms with van der Waals surface area (Å²) in [5.41, 5.74) is 0. The molecule has 0 N–H and O–H groups in total. The number of hydrogen-bond donors (Lipinski definition) is 0. The van der Waals surface area contributed by atoms with Gasteiger partial charge >= 0.3 is 0 Å². The van der Waals surface area contributed by atoms with Crippen molar-refractivity contribution in [2.45, 2.75) is 13.3 Å². The van der Waals surface area contributed by atoms with Crippen LogP contribution in [-0.2, 0) is 0 Å². The fraction of sp³-hybridized carbons (Fsp3) is 1.00. The van der Waals surface area contributed by atoms with Crippen molar-refractivity contribution in [2.24, 2.45) is 0 Å². The summed E-state index contributed by atoms with van der Waals surface area (Å²) in [4.78, 5) is 0. The monoisotopic (exact) mass is 100 g/mol. The topological polar surface area (TPSA) is 0 Å². The lowest BCUT2D eigenvalue weighted by molar-refractivity contribution is 1.10. The van der Waals surface area contributed by atoms with Crippen LogP contribution in [0.15, 0.2) is 0 Å². The third kappa shape index (κ3) is 4.49. The predicted molar refractivity (Wildman–Crippen MR) is 33.8 cm³/mol. The van der Waals surface area contributed by atoms with Gasteiger partial charge in [0, 0.05) is 0 Å². The van der Waals surface area contributed by atoms with Crippen LogP contribution in [0.4, 0.5) is 0 Å². The van der Waals surface area contributed by atoms with Crippen LogP contribution in [0.1, 0.15) is 13.3 Å². The van der Waals surface area contributed by atoms with Gasteiger partial charge in [0.1, 0.15) is 7.57 Å². The first-order valence-corrected chi connectivity index (χ1v) is 4.27. The third-order valence-electron chi connectivity index (χ3n) is 0.576. The Morgan fingerprint density at radius 2 is 2.17 bits per heavy atom. The van der Waals surface area contributed by atoms with Crippen LogP contribution < -0.4 is 0 Å². The fourth-order valence-electron chi connectivity index (χ4n) is 0.353. The summed E-state index contributed by atoms with van der Waals surface area (Å²) in [5.74, 6) is 0. The van der Waals surface area contributed by atoms with Crippen LogP contribution in [-0.4, -0.2) is 20.4 Å². The molecule has 34 valence electrons. The van der Waals surface area contributed by atoms with Gasteiger partial charge in [0.05, 0.1) is 0 Å². The van der Waals surface area contributed by atoms with Gasteiger partial charge in [-0.1, -0.05) is 20.0 Å². The maximum absolute atomic E-state index is 5.47. The number of rotatable bonds is 2. The van der Waals surface area contributed by atoms with Gasteiger partial charge in [-0.05, 0) is 6.16 Å². The van der Waals surface area contributed by atoms with E-state index in [9.17, 15) is 0 Å². The average molecular weight is 99.9 g/mol. The van der Waals surface area contributed by atoms with Crippen LogP contribution in [0, 0.1) is 0 Å². The summed E-state index contributed by atoms with van der Waals surface area (Å²) in [5, 5.41) is 0. The third-order valence-corrected chi connectivity index (χ3v) is 1.73. The Morgan fingerprint density at radius 1 is 1.67 bits per heavy atom. The molecule has 0 aliphatic heterocycles. The normalized spacial score (nSPS) is 14.3. The number of hydrogen-bond acceptors (Lipinski definition) is 0. The summed E-state index contributed by atoms with van der Waals surface area (Å²) in [6.45, 7) is 4.25. The molecule has 0 spiro atoms. The average Bonchev–Trinajstić information content (AvgIpc) is 1.35. The molecule has 1 unspecified atom stereocenters. The SMILES string of the molecule is [B]P(C)CCC.